The Morgan fingerprint density at radius 3 is 0.817 bits per heavy atom. The van der Waals surface area contributed by atoms with Crippen molar-refractivity contribution in [3.05, 3.63) is 0 Å². The second kappa shape index (κ2) is 64.7. The number of aliphatic hydroxyl groups is 1. The van der Waals surface area contributed by atoms with E-state index in [0.717, 1.165) is 108 Å². The zero-order chi connectivity index (χ0) is 68.7. The number of phosphoric ester groups is 2. The van der Waals surface area contributed by atoms with Crippen LogP contribution in [0.1, 0.15) is 376 Å². The van der Waals surface area contributed by atoms with Crippen molar-refractivity contribution in [1.82, 2.24) is 0 Å². The third-order valence-electron chi connectivity index (χ3n) is 17.5. The first-order valence-electron chi connectivity index (χ1n) is 38.4. The minimum absolute atomic E-state index is 0.104. The molecular weight excluding hydrogens is 1220 g/mol. The standard InChI is InChI=1S/C74H144O17P2/c1-8-10-11-12-13-14-15-20-24-27-33-41-48-55-71(76)84-61-69(90-73(78)57-50-43-34-28-25-22-19-17-16-18-21-23-26-31-38-45-52-65(3)4)63-88-92(80,81)86-59-68(75)60-87-93(82,83)89-64-70(62-85-72(77)56-49-42-37-36-39-46-53-66(5)6)91-74(79)58-51-44-35-30-29-32-40-47-54-67(7)9-2/h65-70,75H,8-64H2,1-7H3,(H,80,81)(H,82,83)/t67?,68-,69-,70-/m1/s1. The fourth-order valence-corrected chi connectivity index (χ4v) is 12.8. The summed E-state index contributed by atoms with van der Waals surface area (Å²) < 4.78 is 68.4. The lowest BCUT2D eigenvalue weighted by Gasteiger charge is -2.21. The van der Waals surface area contributed by atoms with Gasteiger partial charge in [-0.05, 0) is 43.4 Å². The maximum absolute atomic E-state index is 13.1. The van der Waals surface area contributed by atoms with Crippen molar-refractivity contribution >= 4 is 39.5 Å². The number of carbonyl (C=O) groups is 4. The predicted molar refractivity (Wildman–Crippen MR) is 377 cm³/mol. The molecule has 6 atom stereocenters. The van der Waals surface area contributed by atoms with E-state index < -0.39 is 97.5 Å². The quantitative estimate of drug-likeness (QED) is 0.0222. The number of phosphoric acid groups is 2. The molecule has 0 spiro atoms. The first-order valence-corrected chi connectivity index (χ1v) is 41.4. The van der Waals surface area contributed by atoms with Crippen LogP contribution in [0.25, 0.3) is 0 Å². The minimum Gasteiger partial charge on any atom is -0.462 e. The molecule has 0 radical (unpaired) electrons. The fraction of sp³-hybridized carbons (Fsp3) is 0.946. The van der Waals surface area contributed by atoms with Crippen LogP contribution >= 0.6 is 15.6 Å². The second-order valence-electron chi connectivity index (χ2n) is 27.9. The molecule has 17 nitrogen and oxygen atoms in total. The molecule has 552 valence electrons. The monoisotopic (exact) mass is 1370 g/mol. The fourth-order valence-electron chi connectivity index (χ4n) is 11.2. The molecule has 0 aliphatic carbocycles. The number of carbonyl (C=O) groups excluding carboxylic acids is 4. The first kappa shape index (κ1) is 91.1. The Labute approximate surface area is 568 Å². The molecule has 0 aliphatic rings. The predicted octanol–water partition coefficient (Wildman–Crippen LogP) is 21.4. The third kappa shape index (κ3) is 67.0. The Kier molecular flexibility index (Phi) is 63.4. The third-order valence-corrected chi connectivity index (χ3v) is 19.4. The van der Waals surface area contributed by atoms with Crippen LogP contribution in [-0.2, 0) is 65.4 Å². The van der Waals surface area contributed by atoms with Gasteiger partial charge in [-0.1, -0.05) is 325 Å². The summed E-state index contributed by atoms with van der Waals surface area (Å²) in [5.74, 6) is 0.135. The highest BCUT2D eigenvalue weighted by atomic mass is 31.2. The molecule has 3 unspecified atom stereocenters. The maximum atomic E-state index is 13.1. The van der Waals surface area contributed by atoms with Crippen LogP contribution in [0.2, 0.25) is 0 Å². The van der Waals surface area contributed by atoms with Gasteiger partial charge in [0.25, 0.3) is 0 Å². The van der Waals surface area contributed by atoms with E-state index in [1.807, 2.05) is 0 Å². The van der Waals surface area contributed by atoms with Crippen LogP contribution in [-0.4, -0.2) is 96.7 Å². The highest BCUT2D eigenvalue weighted by molar-refractivity contribution is 7.47. The lowest BCUT2D eigenvalue weighted by molar-refractivity contribution is -0.161. The van der Waals surface area contributed by atoms with Crippen molar-refractivity contribution in [2.24, 2.45) is 17.8 Å². The number of aliphatic hydroxyl groups excluding tert-OH is 1. The molecule has 0 saturated carbocycles. The molecular formula is C74H144O17P2. The van der Waals surface area contributed by atoms with Crippen molar-refractivity contribution < 1.29 is 80.2 Å². The second-order valence-corrected chi connectivity index (χ2v) is 30.8. The van der Waals surface area contributed by atoms with Gasteiger partial charge in [0.05, 0.1) is 26.4 Å². The SMILES string of the molecule is CCCCCCCCCCCCCCCC(=O)OC[C@H](COP(=O)(O)OC[C@@H](O)COP(=O)(O)OC[C@@H](COC(=O)CCCCCCCCC(C)C)OC(=O)CCCCCCCCCCC(C)CC)OC(=O)CCCCCCCCCCCCCCCCCCC(C)C. The van der Waals surface area contributed by atoms with Gasteiger partial charge in [-0.25, -0.2) is 9.13 Å². The zero-order valence-corrected chi connectivity index (χ0v) is 62.5. The summed E-state index contributed by atoms with van der Waals surface area (Å²) in [6, 6.07) is 0. The number of ether oxygens (including phenoxy) is 4. The zero-order valence-electron chi connectivity index (χ0n) is 60.7. The molecule has 0 aromatic heterocycles. The van der Waals surface area contributed by atoms with Gasteiger partial charge < -0.3 is 33.8 Å². The topological polar surface area (TPSA) is 237 Å². The van der Waals surface area contributed by atoms with E-state index >= 15 is 0 Å². The molecule has 0 fully saturated rings. The number of hydrogen-bond donors (Lipinski definition) is 3. The molecule has 19 heteroatoms. The normalized spacial score (nSPS) is 14.4. The molecule has 0 aliphatic heterocycles. The molecule has 0 rings (SSSR count). The van der Waals surface area contributed by atoms with E-state index in [4.69, 9.17) is 37.0 Å². The van der Waals surface area contributed by atoms with Crippen molar-refractivity contribution in [2.45, 2.75) is 394 Å². The van der Waals surface area contributed by atoms with Crippen molar-refractivity contribution in [1.29, 1.82) is 0 Å². The summed E-state index contributed by atoms with van der Waals surface area (Å²) in [4.78, 5) is 72.7. The summed E-state index contributed by atoms with van der Waals surface area (Å²) in [5.41, 5.74) is 0. The van der Waals surface area contributed by atoms with Gasteiger partial charge in [-0.15, -0.1) is 0 Å². The average molecular weight is 1370 g/mol. The van der Waals surface area contributed by atoms with Gasteiger partial charge in [0.15, 0.2) is 12.2 Å². The van der Waals surface area contributed by atoms with E-state index in [0.29, 0.717) is 31.6 Å². The molecule has 0 aromatic rings. The highest BCUT2D eigenvalue weighted by Crippen LogP contribution is 2.45. The number of rotatable bonds is 72. The lowest BCUT2D eigenvalue weighted by atomic mass is 9.99. The van der Waals surface area contributed by atoms with Crippen LogP contribution in [0.3, 0.4) is 0 Å². The summed E-state index contributed by atoms with van der Waals surface area (Å²) in [5, 5.41) is 10.6. The van der Waals surface area contributed by atoms with Crippen LogP contribution in [0.15, 0.2) is 0 Å². The lowest BCUT2D eigenvalue weighted by Crippen LogP contribution is -2.30. The maximum Gasteiger partial charge on any atom is 0.472 e. The average Bonchev–Trinajstić information content (AvgIpc) is 3.17. The Morgan fingerprint density at radius 2 is 0.548 bits per heavy atom. The van der Waals surface area contributed by atoms with Gasteiger partial charge in [0.1, 0.15) is 19.3 Å². The number of esters is 4. The first-order chi connectivity index (χ1) is 44.8. The van der Waals surface area contributed by atoms with E-state index in [1.54, 1.807) is 0 Å². The number of hydrogen-bond acceptors (Lipinski definition) is 15. The van der Waals surface area contributed by atoms with Crippen LogP contribution < -0.4 is 0 Å². The van der Waals surface area contributed by atoms with Crippen molar-refractivity contribution in [2.75, 3.05) is 39.6 Å². The van der Waals surface area contributed by atoms with Gasteiger partial charge in [0, 0.05) is 25.7 Å². The van der Waals surface area contributed by atoms with E-state index in [9.17, 15) is 43.2 Å². The molecule has 0 aromatic carbocycles. The molecule has 0 bridgehead atoms. The Balaban J connectivity index is 5.22. The van der Waals surface area contributed by atoms with E-state index in [-0.39, 0.29) is 25.7 Å². The van der Waals surface area contributed by atoms with Gasteiger partial charge in [0.2, 0.25) is 0 Å². The number of unbranched alkanes of at least 4 members (excludes halogenated alkanes) is 39. The molecule has 93 heavy (non-hydrogen) atoms. The largest absolute Gasteiger partial charge is 0.472 e. The minimum atomic E-state index is -4.96. The summed E-state index contributed by atoms with van der Waals surface area (Å²) in [6.07, 6.45) is 50.1. The Hall–Kier alpha value is -1.94. The summed E-state index contributed by atoms with van der Waals surface area (Å²) in [6.45, 7) is 11.8. The molecule has 0 amide bonds. The smallest absolute Gasteiger partial charge is 0.462 e. The van der Waals surface area contributed by atoms with Crippen molar-refractivity contribution in [3.63, 3.8) is 0 Å². The molecule has 3 N–H and O–H groups in total. The van der Waals surface area contributed by atoms with Gasteiger partial charge in [-0.2, -0.15) is 0 Å². The van der Waals surface area contributed by atoms with Gasteiger partial charge in [-0.3, -0.25) is 37.3 Å². The van der Waals surface area contributed by atoms with E-state index in [1.165, 1.54) is 180 Å². The van der Waals surface area contributed by atoms with Gasteiger partial charge >= 0.3 is 39.5 Å². The molecule has 0 saturated heterocycles. The van der Waals surface area contributed by atoms with Crippen molar-refractivity contribution in [3.8, 4) is 0 Å². The van der Waals surface area contributed by atoms with E-state index in [2.05, 4.69) is 48.5 Å². The summed E-state index contributed by atoms with van der Waals surface area (Å²) >= 11 is 0. The van der Waals surface area contributed by atoms with Crippen LogP contribution in [0.4, 0.5) is 0 Å². The summed E-state index contributed by atoms with van der Waals surface area (Å²) in [7, 11) is -9.91. The van der Waals surface area contributed by atoms with Crippen LogP contribution in [0.5, 0.6) is 0 Å². The van der Waals surface area contributed by atoms with Crippen LogP contribution in [0, 0.1) is 17.8 Å². The Morgan fingerprint density at radius 1 is 0.312 bits per heavy atom. The Bertz CT molecular complexity index is 1820. The molecule has 0 heterocycles. The highest BCUT2D eigenvalue weighted by Gasteiger charge is 2.30.